The summed E-state index contributed by atoms with van der Waals surface area (Å²) < 4.78 is 10.4. The van der Waals surface area contributed by atoms with E-state index in [-0.39, 0.29) is 6.10 Å². The van der Waals surface area contributed by atoms with Crippen LogP contribution in [0.4, 0.5) is 0 Å². The van der Waals surface area contributed by atoms with E-state index >= 15 is 0 Å². The zero-order valence-electron chi connectivity index (χ0n) is 8.04. The van der Waals surface area contributed by atoms with Crippen LogP contribution in [0.1, 0.15) is 11.7 Å². The number of methoxy groups -OCH3 is 2. The van der Waals surface area contributed by atoms with Gasteiger partial charge in [0.1, 0.15) is 16.7 Å². The minimum Gasteiger partial charge on any atom is -0.496 e. The standard InChI is InChI=1S/C10H12Cl2O2/c1-13-8-6-4-3-5-7(8)9(14-2)10(11)12/h3-6,9-10H,1-2H3. The van der Waals surface area contributed by atoms with Crippen molar-refractivity contribution < 1.29 is 9.47 Å². The zero-order chi connectivity index (χ0) is 10.6. The van der Waals surface area contributed by atoms with Crippen LogP contribution in [0.15, 0.2) is 24.3 Å². The van der Waals surface area contributed by atoms with Gasteiger partial charge in [-0.05, 0) is 6.07 Å². The third kappa shape index (κ3) is 2.53. The monoisotopic (exact) mass is 234 g/mol. The van der Waals surface area contributed by atoms with E-state index in [2.05, 4.69) is 0 Å². The average Bonchev–Trinajstić information content (AvgIpc) is 2.19. The topological polar surface area (TPSA) is 18.5 Å². The van der Waals surface area contributed by atoms with Crippen molar-refractivity contribution >= 4 is 23.2 Å². The summed E-state index contributed by atoms with van der Waals surface area (Å²) in [6.07, 6.45) is -0.366. The van der Waals surface area contributed by atoms with Gasteiger partial charge in [-0.3, -0.25) is 0 Å². The van der Waals surface area contributed by atoms with Gasteiger partial charge in [0.05, 0.1) is 7.11 Å². The number of rotatable bonds is 4. The fourth-order valence-electron chi connectivity index (χ4n) is 1.27. The number of benzene rings is 1. The van der Waals surface area contributed by atoms with Crippen molar-refractivity contribution in [1.82, 2.24) is 0 Å². The van der Waals surface area contributed by atoms with Crippen molar-refractivity contribution in [2.75, 3.05) is 14.2 Å². The highest BCUT2D eigenvalue weighted by molar-refractivity contribution is 6.44. The Morgan fingerprint density at radius 3 is 2.29 bits per heavy atom. The Labute approximate surface area is 93.7 Å². The number of halogens is 2. The molecule has 1 atom stereocenters. The Balaban J connectivity index is 3.02. The van der Waals surface area contributed by atoms with Gasteiger partial charge in [-0.2, -0.15) is 0 Å². The molecule has 0 N–H and O–H groups in total. The molecule has 0 fully saturated rings. The highest BCUT2D eigenvalue weighted by Gasteiger charge is 2.21. The maximum absolute atomic E-state index is 5.79. The molecule has 2 nitrogen and oxygen atoms in total. The number of hydrogen-bond acceptors (Lipinski definition) is 2. The van der Waals surface area contributed by atoms with Crippen LogP contribution in [0.25, 0.3) is 0 Å². The number of hydrogen-bond donors (Lipinski definition) is 0. The van der Waals surface area contributed by atoms with Crippen LogP contribution in [0.2, 0.25) is 0 Å². The van der Waals surface area contributed by atoms with E-state index < -0.39 is 4.84 Å². The van der Waals surface area contributed by atoms with Gasteiger partial charge in [0.15, 0.2) is 0 Å². The van der Waals surface area contributed by atoms with E-state index in [9.17, 15) is 0 Å². The van der Waals surface area contributed by atoms with Gasteiger partial charge < -0.3 is 9.47 Å². The fourth-order valence-corrected chi connectivity index (χ4v) is 1.74. The van der Waals surface area contributed by atoms with E-state index in [1.54, 1.807) is 14.2 Å². The Morgan fingerprint density at radius 1 is 1.14 bits per heavy atom. The smallest absolute Gasteiger partial charge is 0.138 e. The Morgan fingerprint density at radius 2 is 1.79 bits per heavy atom. The third-order valence-corrected chi connectivity index (χ3v) is 2.39. The molecule has 0 saturated heterocycles. The van der Waals surface area contributed by atoms with Gasteiger partial charge in [0.25, 0.3) is 0 Å². The zero-order valence-corrected chi connectivity index (χ0v) is 9.55. The van der Waals surface area contributed by atoms with Gasteiger partial charge >= 0.3 is 0 Å². The van der Waals surface area contributed by atoms with Gasteiger partial charge in [0.2, 0.25) is 0 Å². The fraction of sp³-hybridized carbons (Fsp3) is 0.400. The molecule has 0 aliphatic heterocycles. The summed E-state index contributed by atoms with van der Waals surface area (Å²) in [5, 5.41) is 0. The summed E-state index contributed by atoms with van der Waals surface area (Å²) in [7, 11) is 3.16. The predicted molar refractivity (Wildman–Crippen MR) is 58.2 cm³/mol. The lowest BCUT2D eigenvalue weighted by Crippen LogP contribution is -2.10. The second kappa shape index (κ2) is 5.44. The normalized spacial score (nSPS) is 12.9. The highest BCUT2D eigenvalue weighted by Crippen LogP contribution is 2.33. The van der Waals surface area contributed by atoms with Crippen LogP contribution in [0.3, 0.4) is 0 Å². The molecule has 0 bridgehead atoms. The Kier molecular flexibility index (Phi) is 4.52. The molecular weight excluding hydrogens is 223 g/mol. The number of alkyl halides is 2. The highest BCUT2D eigenvalue weighted by atomic mass is 35.5. The maximum Gasteiger partial charge on any atom is 0.138 e. The molecule has 0 saturated carbocycles. The van der Waals surface area contributed by atoms with Crippen molar-refractivity contribution in [3.8, 4) is 5.75 Å². The molecule has 0 aliphatic carbocycles. The molecule has 14 heavy (non-hydrogen) atoms. The summed E-state index contributed by atoms with van der Waals surface area (Å²) in [6.45, 7) is 0. The average molecular weight is 235 g/mol. The van der Waals surface area contributed by atoms with Gasteiger partial charge in [-0.25, -0.2) is 0 Å². The molecule has 1 aromatic rings. The van der Waals surface area contributed by atoms with Crippen LogP contribution >= 0.6 is 23.2 Å². The molecule has 0 radical (unpaired) electrons. The first kappa shape index (κ1) is 11.6. The lowest BCUT2D eigenvalue weighted by atomic mass is 10.1. The van der Waals surface area contributed by atoms with E-state index in [1.165, 1.54) is 0 Å². The van der Waals surface area contributed by atoms with Crippen LogP contribution < -0.4 is 4.74 Å². The predicted octanol–water partition coefficient (Wildman–Crippen LogP) is 3.19. The van der Waals surface area contributed by atoms with Crippen molar-refractivity contribution in [3.63, 3.8) is 0 Å². The molecule has 0 spiro atoms. The first-order chi connectivity index (χ1) is 6.70. The summed E-state index contributed by atoms with van der Waals surface area (Å²) in [5.41, 5.74) is 0.854. The minimum absolute atomic E-state index is 0.366. The van der Waals surface area contributed by atoms with Gasteiger partial charge in [-0.15, -0.1) is 23.2 Å². The summed E-state index contributed by atoms with van der Waals surface area (Å²) in [6, 6.07) is 7.49. The molecule has 0 heterocycles. The molecule has 0 aliphatic rings. The molecule has 1 aromatic carbocycles. The van der Waals surface area contributed by atoms with E-state index in [1.807, 2.05) is 24.3 Å². The molecule has 0 aromatic heterocycles. The molecule has 0 amide bonds. The molecule has 1 rings (SSSR count). The van der Waals surface area contributed by atoms with E-state index in [0.717, 1.165) is 11.3 Å². The SMILES string of the molecule is COc1ccccc1C(OC)C(Cl)Cl. The van der Waals surface area contributed by atoms with Crippen LogP contribution in [0, 0.1) is 0 Å². The molecule has 78 valence electrons. The molecule has 4 heteroatoms. The molecule has 1 unspecified atom stereocenters. The van der Waals surface area contributed by atoms with Crippen molar-refractivity contribution in [2.45, 2.75) is 10.9 Å². The number of ether oxygens (including phenoxy) is 2. The first-order valence-corrected chi connectivity index (χ1v) is 5.01. The van der Waals surface area contributed by atoms with Crippen molar-refractivity contribution in [2.24, 2.45) is 0 Å². The van der Waals surface area contributed by atoms with E-state index in [4.69, 9.17) is 32.7 Å². The second-order valence-electron chi connectivity index (χ2n) is 2.73. The largest absolute Gasteiger partial charge is 0.496 e. The second-order valence-corrected chi connectivity index (χ2v) is 3.90. The van der Waals surface area contributed by atoms with Gasteiger partial charge in [0, 0.05) is 12.7 Å². The first-order valence-electron chi connectivity index (χ1n) is 4.14. The lowest BCUT2D eigenvalue weighted by Gasteiger charge is -2.18. The van der Waals surface area contributed by atoms with Gasteiger partial charge in [-0.1, -0.05) is 18.2 Å². The van der Waals surface area contributed by atoms with Crippen LogP contribution in [-0.2, 0) is 4.74 Å². The summed E-state index contributed by atoms with van der Waals surface area (Å²) in [5.74, 6) is 0.727. The van der Waals surface area contributed by atoms with Crippen molar-refractivity contribution in [1.29, 1.82) is 0 Å². The van der Waals surface area contributed by atoms with E-state index in [0.29, 0.717) is 0 Å². The third-order valence-electron chi connectivity index (χ3n) is 1.93. The van der Waals surface area contributed by atoms with Crippen molar-refractivity contribution in [3.05, 3.63) is 29.8 Å². The summed E-state index contributed by atoms with van der Waals surface area (Å²) in [4.78, 5) is -0.615. The summed E-state index contributed by atoms with van der Waals surface area (Å²) >= 11 is 11.6. The quantitative estimate of drug-likeness (QED) is 0.746. The Bertz CT molecular complexity index is 289. The number of para-hydroxylation sites is 1. The van der Waals surface area contributed by atoms with Crippen LogP contribution in [-0.4, -0.2) is 19.1 Å². The maximum atomic E-state index is 5.79. The van der Waals surface area contributed by atoms with Crippen LogP contribution in [0.5, 0.6) is 5.75 Å². The Hall–Kier alpha value is -0.440. The molecular formula is C10H12Cl2O2. The minimum atomic E-state index is -0.615. The lowest BCUT2D eigenvalue weighted by molar-refractivity contribution is 0.112.